The largest absolute Gasteiger partial charge is 0.364 e. The van der Waals surface area contributed by atoms with Gasteiger partial charge in [0.05, 0.1) is 0 Å². The summed E-state index contributed by atoms with van der Waals surface area (Å²) in [5.41, 5.74) is -0.438. The van der Waals surface area contributed by atoms with Gasteiger partial charge in [0.2, 0.25) is 10.0 Å². The second-order valence-electron chi connectivity index (χ2n) is 4.35. The van der Waals surface area contributed by atoms with Crippen molar-refractivity contribution in [1.82, 2.24) is 4.72 Å². The molecule has 14 heavy (non-hydrogen) atoms. The molecule has 0 unspecified atom stereocenters. The average Bonchev–Trinajstić information content (AvgIpc) is 1.93. The van der Waals surface area contributed by atoms with Crippen molar-refractivity contribution in [2.45, 2.75) is 46.1 Å². The Morgan fingerprint density at radius 3 is 2.29 bits per heavy atom. The van der Waals surface area contributed by atoms with Crippen LogP contribution in [0.25, 0.3) is 0 Å². The maximum absolute atomic E-state index is 11.4. The Balaban J connectivity index is 3.86. The Morgan fingerprint density at radius 2 is 1.86 bits per heavy atom. The predicted molar refractivity (Wildman–Crippen MR) is 57.5 cm³/mol. The van der Waals surface area contributed by atoms with Crippen molar-refractivity contribution >= 4 is 10.0 Å². The Hall–Kier alpha value is -0.130. The van der Waals surface area contributed by atoms with Gasteiger partial charge in [0, 0.05) is 12.1 Å². The van der Waals surface area contributed by atoms with Gasteiger partial charge < -0.3 is 4.74 Å². The first-order valence-corrected chi connectivity index (χ1v) is 6.51. The topological polar surface area (TPSA) is 55.4 Å². The molecule has 0 rings (SSSR count). The van der Waals surface area contributed by atoms with E-state index in [-0.39, 0.29) is 5.94 Å². The lowest BCUT2D eigenvalue weighted by Gasteiger charge is -2.20. The minimum atomic E-state index is -3.29. The van der Waals surface area contributed by atoms with Crippen molar-refractivity contribution < 1.29 is 13.2 Å². The van der Waals surface area contributed by atoms with E-state index < -0.39 is 15.6 Å². The number of rotatable bonds is 6. The second-order valence-corrected chi connectivity index (χ2v) is 6.02. The highest BCUT2D eigenvalue weighted by molar-refractivity contribution is 7.89. The summed E-state index contributed by atoms with van der Waals surface area (Å²) in [6.45, 7) is 7.94. The normalized spacial score (nSPS) is 13.1. The zero-order valence-electron chi connectivity index (χ0n) is 9.46. The summed E-state index contributed by atoms with van der Waals surface area (Å²) < 4.78 is 30.3. The van der Waals surface area contributed by atoms with Crippen molar-refractivity contribution in [3.8, 4) is 0 Å². The Bertz CT molecular complexity index is 241. The van der Waals surface area contributed by atoms with Crippen molar-refractivity contribution in [3.63, 3.8) is 0 Å². The third-order valence-corrected chi connectivity index (χ3v) is 2.74. The van der Waals surface area contributed by atoms with Crippen molar-refractivity contribution in [2.75, 3.05) is 12.5 Å². The summed E-state index contributed by atoms with van der Waals surface area (Å²) in [5.74, 6) is -0.246. The number of sulfonamides is 1. The molecular formula is C9H21NO3S. The SMILES string of the molecule is CCCCOCS(=O)(=O)NC(C)(C)C. The van der Waals surface area contributed by atoms with Crippen LogP contribution in [0.5, 0.6) is 0 Å². The molecule has 86 valence electrons. The first-order valence-electron chi connectivity index (χ1n) is 4.86. The van der Waals surface area contributed by atoms with E-state index in [1.807, 2.05) is 6.92 Å². The van der Waals surface area contributed by atoms with Crippen molar-refractivity contribution in [2.24, 2.45) is 0 Å². The number of nitrogens with one attached hydrogen (secondary N) is 1. The van der Waals surface area contributed by atoms with E-state index in [1.54, 1.807) is 20.8 Å². The van der Waals surface area contributed by atoms with E-state index >= 15 is 0 Å². The quantitative estimate of drug-likeness (QED) is 0.694. The highest BCUT2D eigenvalue weighted by Gasteiger charge is 2.19. The van der Waals surface area contributed by atoms with E-state index in [1.165, 1.54) is 0 Å². The van der Waals surface area contributed by atoms with Crippen LogP contribution >= 0.6 is 0 Å². The minimum Gasteiger partial charge on any atom is -0.364 e. The molecule has 5 heteroatoms. The fourth-order valence-corrected chi connectivity index (χ4v) is 2.24. The molecule has 0 aliphatic carbocycles. The van der Waals surface area contributed by atoms with Crippen LogP contribution in [-0.2, 0) is 14.8 Å². The molecule has 0 aromatic rings. The van der Waals surface area contributed by atoms with Gasteiger partial charge in [0.25, 0.3) is 0 Å². The third-order valence-electron chi connectivity index (χ3n) is 1.34. The smallest absolute Gasteiger partial charge is 0.236 e. The Morgan fingerprint density at radius 1 is 1.29 bits per heavy atom. The molecular weight excluding hydrogens is 202 g/mol. The number of ether oxygens (including phenoxy) is 1. The molecule has 0 radical (unpaired) electrons. The van der Waals surface area contributed by atoms with Gasteiger partial charge in [-0.3, -0.25) is 0 Å². The molecule has 0 spiro atoms. The predicted octanol–water partition coefficient (Wildman–Crippen LogP) is 1.48. The highest BCUT2D eigenvalue weighted by atomic mass is 32.2. The molecule has 0 heterocycles. The Kier molecular flexibility index (Phi) is 5.63. The van der Waals surface area contributed by atoms with Gasteiger partial charge >= 0.3 is 0 Å². The zero-order chi connectivity index (χ0) is 11.2. The lowest BCUT2D eigenvalue weighted by molar-refractivity contribution is 0.171. The van der Waals surface area contributed by atoms with E-state index in [0.717, 1.165) is 12.8 Å². The number of unbranched alkanes of at least 4 members (excludes halogenated alkanes) is 1. The van der Waals surface area contributed by atoms with Crippen molar-refractivity contribution in [3.05, 3.63) is 0 Å². The zero-order valence-corrected chi connectivity index (χ0v) is 10.3. The molecule has 0 atom stereocenters. The van der Waals surface area contributed by atoms with Gasteiger partial charge in [-0.05, 0) is 27.2 Å². The van der Waals surface area contributed by atoms with Crippen LogP contribution in [0.15, 0.2) is 0 Å². The lowest BCUT2D eigenvalue weighted by Crippen LogP contribution is -2.42. The molecule has 0 aliphatic rings. The van der Waals surface area contributed by atoms with E-state index in [9.17, 15) is 8.42 Å². The van der Waals surface area contributed by atoms with Crippen LogP contribution in [-0.4, -0.2) is 26.5 Å². The summed E-state index contributed by atoms with van der Waals surface area (Å²) in [5, 5.41) is 0. The van der Waals surface area contributed by atoms with Crippen LogP contribution in [0.1, 0.15) is 40.5 Å². The molecule has 0 amide bonds. The van der Waals surface area contributed by atoms with Crippen LogP contribution in [0, 0.1) is 0 Å². The number of hydrogen-bond donors (Lipinski definition) is 1. The van der Waals surface area contributed by atoms with Gasteiger partial charge in [-0.2, -0.15) is 0 Å². The van der Waals surface area contributed by atoms with Crippen LogP contribution < -0.4 is 4.72 Å². The van der Waals surface area contributed by atoms with E-state index in [2.05, 4.69) is 4.72 Å². The van der Waals surface area contributed by atoms with Gasteiger partial charge in [0.1, 0.15) is 0 Å². The summed E-state index contributed by atoms with van der Waals surface area (Å²) in [7, 11) is -3.29. The molecule has 0 saturated heterocycles. The summed E-state index contributed by atoms with van der Waals surface area (Å²) >= 11 is 0. The molecule has 0 aromatic carbocycles. The number of hydrogen-bond acceptors (Lipinski definition) is 3. The molecule has 1 N–H and O–H groups in total. The fourth-order valence-electron chi connectivity index (χ4n) is 0.911. The molecule has 4 nitrogen and oxygen atoms in total. The average molecular weight is 223 g/mol. The van der Waals surface area contributed by atoms with Crippen molar-refractivity contribution in [1.29, 1.82) is 0 Å². The van der Waals surface area contributed by atoms with Gasteiger partial charge in [-0.15, -0.1) is 0 Å². The summed E-state index contributed by atoms with van der Waals surface area (Å²) in [6, 6.07) is 0. The van der Waals surface area contributed by atoms with E-state index in [4.69, 9.17) is 4.74 Å². The molecule has 0 aliphatic heterocycles. The monoisotopic (exact) mass is 223 g/mol. The van der Waals surface area contributed by atoms with Gasteiger partial charge in [-0.1, -0.05) is 13.3 Å². The van der Waals surface area contributed by atoms with Crippen LogP contribution in [0.3, 0.4) is 0 Å². The van der Waals surface area contributed by atoms with E-state index in [0.29, 0.717) is 6.61 Å². The second kappa shape index (κ2) is 5.68. The summed E-state index contributed by atoms with van der Waals surface area (Å²) in [4.78, 5) is 0. The van der Waals surface area contributed by atoms with Crippen LogP contribution in [0.4, 0.5) is 0 Å². The third kappa shape index (κ3) is 8.47. The lowest BCUT2D eigenvalue weighted by atomic mass is 10.1. The summed E-state index contributed by atoms with van der Waals surface area (Å²) in [6.07, 6.45) is 1.90. The van der Waals surface area contributed by atoms with Crippen LogP contribution in [0.2, 0.25) is 0 Å². The first kappa shape index (κ1) is 13.9. The molecule has 0 fully saturated rings. The van der Waals surface area contributed by atoms with Gasteiger partial charge in [0.15, 0.2) is 5.94 Å². The standard InChI is InChI=1S/C9H21NO3S/c1-5-6-7-13-8-14(11,12)10-9(2,3)4/h10H,5-8H2,1-4H3. The maximum atomic E-state index is 11.4. The maximum Gasteiger partial charge on any atom is 0.236 e. The molecule has 0 aromatic heterocycles. The first-order chi connectivity index (χ1) is 6.27. The molecule has 0 bridgehead atoms. The minimum absolute atomic E-state index is 0.246. The molecule has 0 saturated carbocycles. The van der Waals surface area contributed by atoms with Gasteiger partial charge in [-0.25, -0.2) is 13.1 Å². The highest BCUT2D eigenvalue weighted by Crippen LogP contribution is 2.02. The Labute approximate surface area is 87.1 Å². The fraction of sp³-hybridized carbons (Fsp3) is 1.00.